The van der Waals surface area contributed by atoms with Crippen molar-refractivity contribution in [2.75, 3.05) is 5.32 Å². The van der Waals surface area contributed by atoms with E-state index in [4.69, 9.17) is 4.74 Å². The van der Waals surface area contributed by atoms with Crippen molar-refractivity contribution < 1.29 is 9.53 Å². The molecule has 0 aliphatic rings. The molecule has 0 fully saturated rings. The van der Waals surface area contributed by atoms with Crippen LogP contribution in [-0.4, -0.2) is 30.5 Å². The molecule has 26 heavy (non-hydrogen) atoms. The Balaban J connectivity index is 1.52. The van der Waals surface area contributed by atoms with E-state index in [1.165, 1.54) is 6.33 Å². The molecule has 0 saturated carbocycles. The standard InChI is InChI=1S/C18H16N6O2/c1-12-5-4-8-24-9-13(21-16(12)24)10-26-15-7-3-2-6-14(15)17(25)22-18-19-11-20-23-18/h2-9,11H,10H2,1H3,(H2,19,20,22,23,25). The second-order valence-corrected chi connectivity index (χ2v) is 5.73. The third kappa shape index (κ3) is 3.12. The molecule has 8 heteroatoms. The highest BCUT2D eigenvalue weighted by atomic mass is 16.5. The number of pyridine rings is 1. The Bertz CT molecular complexity index is 1050. The van der Waals surface area contributed by atoms with Crippen molar-refractivity contribution in [2.24, 2.45) is 0 Å². The number of aromatic nitrogens is 5. The Morgan fingerprint density at radius 3 is 2.96 bits per heavy atom. The SMILES string of the molecule is Cc1cccn2cc(COc3ccccc3C(=O)Nc3ncn[nH]3)nc12. The lowest BCUT2D eigenvalue weighted by Gasteiger charge is -2.09. The number of anilines is 1. The first-order valence-corrected chi connectivity index (χ1v) is 8.02. The zero-order chi connectivity index (χ0) is 17.9. The van der Waals surface area contributed by atoms with Crippen LogP contribution in [0.2, 0.25) is 0 Å². The average Bonchev–Trinajstić information content (AvgIpc) is 3.30. The summed E-state index contributed by atoms with van der Waals surface area (Å²) in [5, 5.41) is 8.93. The number of imidazole rings is 1. The molecule has 1 amide bonds. The van der Waals surface area contributed by atoms with E-state index in [-0.39, 0.29) is 18.5 Å². The summed E-state index contributed by atoms with van der Waals surface area (Å²) in [6, 6.07) is 11.0. The number of para-hydroxylation sites is 1. The lowest BCUT2D eigenvalue weighted by Crippen LogP contribution is -2.14. The van der Waals surface area contributed by atoms with E-state index in [1.807, 2.05) is 41.9 Å². The summed E-state index contributed by atoms with van der Waals surface area (Å²) in [5.74, 6) is 0.419. The van der Waals surface area contributed by atoms with Gasteiger partial charge in [-0.3, -0.25) is 10.1 Å². The van der Waals surface area contributed by atoms with Crippen LogP contribution in [0.3, 0.4) is 0 Å². The molecule has 0 aliphatic carbocycles. The molecule has 0 spiro atoms. The number of hydrogen-bond acceptors (Lipinski definition) is 5. The van der Waals surface area contributed by atoms with Crippen LogP contribution < -0.4 is 10.1 Å². The maximum atomic E-state index is 12.4. The predicted molar refractivity (Wildman–Crippen MR) is 95.0 cm³/mol. The lowest BCUT2D eigenvalue weighted by molar-refractivity contribution is 0.102. The van der Waals surface area contributed by atoms with Crippen LogP contribution in [0.5, 0.6) is 5.75 Å². The van der Waals surface area contributed by atoms with Crippen molar-refractivity contribution in [3.8, 4) is 5.75 Å². The van der Waals surface area contributed by atoms with Gasteiger partial charge in [0.2, 0.25) is 5.95 Å². The van der Waals surface area contributed by atoms with Gasteiger partial charge in [0.15, 0.2) is 0 Å². The number of aromatic amines is 1. The summed E-state index contributed by atoms with van der Waals surface area (Å²) in [6.45, 7) is 2.27. The smallest absolute Gasteiger partial charge is 0.261 e. The first kappa shape index (κ1) is 15.8. The van der Waals surface area contributed by atoms with Crippen LogP contribution in [0.1, 0.15) is 21.6 Å². The fourth-order valence-corrected chi connectivity index (χ4v) is 2.65. The van der Waals surface area contributed by atoms with E-state index in [1.54, 1.807) is 18.2 Å². The zero-order valence-corrected chi connectivity index (χ0v) is 14.0. The van der Waals surface area contributed by atoms with Crippen molar-refractivity contribution in [2.45, 2.75) is 13.5 Å². The summed E-state index contributed by atoms with van der Waals surface area (Å²) in [7, 11) is 0. The minimum atomic E-state index is -0.330. The fraction of sp³-hybridized carbons (Fsp3) is 0.111. The topological polar surface area (TPSA) is 97.2 Å². The molecular weight excluding hydrogens is 332 g/mol. The Hall–Kier alpha value is -3.68. The zero-order valence-electron chi connectivity index (χ0n) is 14.0. The number of H-pyrrole nitrogens is 1. The number of benzene rings is 1. The quantitative estimate of drug-likeness (QED) is 0.578. The second kappa shape index (κ2) is 6.67. The molecule has 0 saturated heterocycles. The minimum absolute atomic E-state index is 0.258. The van der Waals surface area contributed by atoms with Crippen LogP contribution in [0.15, 0.2) is 55.1 Å². The number of carbonyl (C=O) groups is 1. The molecule has 2 N–H and O–H groups in total. The van der Waals surface area contributed by atoms with Gasteiger partial charge in [0.25, 0.3) is 5.91 Å². The summed E-state index contributed by atoms with van der Waals surface area (Å²) in [6.07, 6.45) is 5.18. The molecule has 0 aliphatic heterocycles. The molecule has 3 aromatic heterocycles. The van der Waals surface area contributed by atoms with Crippen molar-refractivity contribution in [1.82, 2.24) is 24.6 Å². The molecule has 1 aromatic carbocycles. The molecule has 0 bridgehead atoms. The van der Waals surface area contributed by atoms with Crippen molar-refractivity contribution in [1.29, 1.82) is 0 Å². The number of aryl methyl sites for hydroxylation is 1. The second-order valence-electron chi connectivity index (χ2n) is 5.73. The maximum absolute atomic E-state index is 12.4. The Labute approximate surface area is 148 Å². The number of amides is 1. The number of carbonyl (C=O) groups excluding carboxylic acids is 1. The van der Waals surface area contributed by atoms with Crippen LogP contribution in [0, 0.1) is 6.92 Å². The number of rotatable bonds is 5. The molecule has 0 unspecified atom stereocenters. The van der Waals surface area contributed by atoms with Crippen molar-refractivity contribution in [3.63, 3.8) is 0 Å². The van der Waals surface area contributed by atoms with Gasteiger partial charge in [-0.2, -0.15) is 10.1 Å². The van der Waals surface area contributed by atoms with E-state index in [9.17, 15) is 4.79 Å². The lowest BCUT2D eigenvalue weighted by atomic mass is 10.2. The van der Waals surface area contributed by atoms with Gasteiger partial charge in [0, 0.05) is 12.4 Å². The Kier molecular flexibility index (Phi) is 4.06. The average molecular weight is 348 g/mol. The summed E-state index contributed by atoms with van der Waals surface area (Å²) in [4.78, 5) is 20.9. The third-order valence-corrected chi connectivity index (χ3v) is 3.88. The van der Waals surface area contributed by atoms with Crippen molar-refractivity contribution in [3.05, 3.63) is 71.9 Å². The highest BCUT2D eigenvalue weighted by Crippen LogP contribution is 2.20. The van der Waals surface area contributed by atoms with Crippen molar-refractivity contribution >= 4 is 17.5 Å². The molecule has 130 valence electrons. The summed E-state index contributed by atoms with van der Waals surface area (Å²) in [5.41, 5.74) is 3.17. The maximum Gasteiger partial charge on any atom is 0.261 e. The molecule has 4 aromatic rings. The molecule has 0 radical (unpaired) electrons. The first-order chi connectivity index (χ1) is 12.7. The van der Waals surface area contributed by atoms with Gasteiger partial charge in [-0.1, -0.05) is 18.2 Å². The number of nitrogens with zero attached hydrogens (tertiary/aromatic N) is 4. The van der Waals surface area contributed by atoms with Gasteiger partial charge >= 0.3 is 0 Å². The van der Waals surface area contributed by atoms with Gasteiger partial charge < -0.3 is 9.14 Å². The van der Waals surface area contributed by atoms with E-state index in [0.29, 0.717) is 11.3 Å². The molecule has 4 rings (SSSR count). The number of hydrogen-bond donors (Lipinski definition) is 2. The minimum Gasteiger partial charge on any atom is -0.486 e. The predicted octanol–water partition coefficient (Wildman–Crippen LogP) is 2.59. The highest BCUT2D eigenvalue weighted by molar-refractivity contribution is 6.05. The molecule has 0 atom stereocenters. The van der Waals surface area contributed by atoms with E-state index >= 15 is 0 Å². The highest BCUT2D eigenvalue weighted by Gasteiger charge is 2.14. The van der Waals surface area contributed by atoms with Gasteiger partial charge in [-0.15, -0.1) is 0 Å². The van der Waals surface area contributed by atoms with Crippen LogP contribution >= 0.6 is 0 Å². The summed E-state index contributed by atoms with van der Waals surface area (Å²) >= 11 is 0. The van der Waals surface area contributed by atoms with E-state index < -0.39 is 0 Å². The molecule has 3 heterocycles. The van der Waals surface area contributed by atoms with Gasteiger partial charge in [-0.05, 0) is 30.7 Å². The third-order valence-electron chi connectivity index (χ3n) is 3.88. The van der Waals surface area contributed by atoms with Gasteiger partial charge in [-0.25, -0.2) is 10.1 Å². The fourth-order valence-electron chi connectivity index (χ4n) is 2.65. The van der Waals surface area contributed by atoms with Gasteiger partial charge in [0.05, 0.1) is 11.3 Å². The number of fused-ring (bicyclic) bond motifs is 1. The Morgan fingerprint density at radius 1 is 1.27 bits per heavy atom. The largest absolute Gasteiger partial charge is 0.486 e. The van der Waals surface area contributed by atoms with E-state index in [2.05, 4.69) is 25.5 Å². The van der Waals surface area contributed by atoms with Crippen LogP contribution in [-0.2, 0) is 6.61 Å². The van der Waals surface area contributed by atoms with Crippen LogP contribution in [0.4, 0.5) is 5.95 Å². The Morgan fingerprint density at radius 2 is 2.15 bits per heavy atom. The normalized spacial score (nSPS) is 10.8. The monoisotopic (exact) mass is 348 g/mol. The number of nitrogens with one attached hydrogen (secondary N) is 2. The molecular formula is C18H16N6O2. The van der Waals surface area contributed by atoms with Crippen LogP contribution in [0.25, 0.3) is 5.65 Å². The molecule has 8 nitrogen and oxygen atoms in total. The first-order valence-electron chi connectivity index (χ1n) is 8.02. The number of ether oxygens (including phenoxy) is 1. The van der Waals surface area contributed by atoms with E-state index in [0.717, 1.165) is 16.9 Å². The van der Waals surface area contributed by atoms with Gasteiger partial charge in [0.1, 0.15) is 24.3 Å². The summed E-state index contributed by atoms with van der Waals surface area (Å²) < 4.78 is 7.80.